The number of piperazine rings is 1. The summed E-state index contributed by atoms with van der Waals surface area (Å²) in [5.74, 6) is 2.50. The molecule has 3 N–H and O–H groups in total. The number of carbonyl (C=O) groups is 3. The minimum Gasteiger partial charge on any atom is -0.493 e. The second-order valence-corrected chi connectivity index (χ2v) is 16.3. The number of carbonyl (C=O) groups excluding carboxylic acids is 3. The Labute approximate surface area is 355 Å². The zero-order valence-electron chi connectivity index (χ0n) is 37.4. The molecule has 3 atom stereocenters. The Kier molecular flexibility index (Phi) is 22.9. The second-order valence-electron chi connectivity index (χ2n) is 16.3. The number of aromatic nitrogens is 3. The summed E-state index contributed by atoms with van der Waals surface area (Å²) < 4.78 is 11.4. The number of pyridine rings is 1. The summed E-state index contributed by atoms with van der Waals surface area (Å²) in [7, 11) is 5.18. The Morgan fingerprint density at radius 2 is 1.78 bits per heavy atom. The third-order valence-electron chi connectivity index (χ3n) is 11.6. The van der Waals surface area contributed by atoms with Crippen LogP contribution in [0.15, 0.2) is 41.6 Å². The molecule has 2 aliphatic heterocycles. The molecule has 13 heteroatoms. The van der Waals surface area contributed by atoms with Crippen LogP contribution in [0.2, 0.25) is 0 Å². The molecule has 2 aromatic rings. The number of amides is 1. The number of nitrogens with zero attached hydrogens (tertiary/aromatic N) is 6. The SMILES string of the molecule is CCC(CN1CCC(CCc2ccc(OC)c(N)n2)C1)C1=CC(N2CCN(C)CC2)=CC(n2nc(C)cc2C)C1.CCCCCCCNC(=O)CCCC=O.COC=O. The molecular weight excluding hydrogens is 745 g/mol. The van der Waals surface area contributed by atoms with E-state index in [4.69, 9.17) is 20.4 Å². The number of hydrogen-bond acceptors (Lipinski definition) is 11. The molecule has 1 amide bonds. The van der Waals surface area contributed by atoms with Gasteiger partial charge in [0.25, 0.3) is 6.47 Å². The van der Waals surface area contributed by atoms with E-state index in [0.717, 1.165) is 82.6 Å². The molecule has 4 heterocycles. The Hall–Kier alpha value is -4.23. The molecule has 1 aliphatic carbocycles. The Morgan fingerprint density at radius 3 is 2.41 bits per heavy atom. The second kappa shape index (κ2) is 27.5. The number of methoxy groups -OCH3 is 2. The summed E-state index contributed by atoms with van der Waals surface area (Å²) in [6.45, 7) is 17.9. The van der Waals surface area contributed by atoms with Crippen molar-refractivity contribution in [3.63, 3.8) is 0 Å². The van der Waals surface area contributed by atoms with Gasteiger partial charge in [0.15, 0.2) is 11.6 Å². The van der Waals surface area contributed by atoms with Gasteiger partial charge in [-0.1, -0.05) is 45.1 Å². The van der Waals surface area contributed by atoms with Crippen molar-refractivity contribution in [3.8, 4) is 5.75 Å². The average molecular weight is 821 g/mol. The third kappa shape index (κ3) is 17.5. The molecule has 0 spiro atoms. The number of likely N-dealkylation sites (tertiary alicyclic amines) is 1. The van der Waals surface area contributed by atoms with E-state index in [0.29, 0.717) is 49.1 Å². The Bertz CT molecular complexity index is 1600. The number of anilines is 1. The van der Waals surface area contributed by atoms with Crippen LogP contribution in [0, 0.1) is 25.7 Å². The fourth-order valence-electron chi connectivity index (χ4n) is 8.17. The number of hydrogen-bond donors (Lipinski definition) is 2. The number of allylic oxidation sites excluding steroid dienone is 2. The maximum atomic E-state index is 11.2. The molecule has 3 unspecified atom stereocenters. The molecule has 0 bridgehead atoms. The fourth-order valence-corrected chi connectivity index (χ4v) is 8.17. The highest BCUT2D eigenvalue weighted by molar-refractivity contribution is 5.76. The van der Waals surface area contributed by atoms with Crippen molar-refractivity contribution in [2.45, 2.75) is 117 Å². The predicted molar refractivity (Wildman–Crippen MR) is 237 cm³/mol. The molecule has 59 heavy (non-hydrogen) atoms. The number of aryl methyl sites for hydroxylation is 3. The molecular formula is C46H76N8O5. The summed E-state index contributed by atoms with van der Waals surface area (Å²) >= 11 is 0. The van der Waals surface area contributed by atoms with Gasteiger partial charge < -0.3 is 40.0 Å². The van der Waals surface area contributed by atoms with E-state index in [1.807, 2.05) is 6.07 Å². The van der Waals surface area contributed by atoms with Gasteiger partial charge in [-0.05, 0) is 115 Å². The maximum Gasteiger partial charge on any atom is 0.292 e. The topological polar surface area (TPSA) is 148 Å². The molecule has 2 saturated heterocycles. The highest BCUT2D eigenvalue weighted by Gasteiger charge is 2.30. The van der Waals surface area contributed by atoms with E-state index < -0.39 is 0 Å². The first-order valence-electron chi connectivity index (χ1n) is 22.1. The normalized spacial score (nSPS) is 18.7. The Balaban J connectivity index is 0.000000410. The highest BCUT2D eigenvalue weighted by Crippen LogP contribution is 2.36. The average Bonchev–Trinajstić information content (AvgIpc) is 3.85. The van der Waals surface area contributed by atoms with Gasteiger partial charge in [0.1, 0.15) is 6.29 Å². The van der Waals surface area contributed by atoms with Gasteiger partial charge >= 0.3 is 0 Å². The smallest absolute Gasteiger partial charge is 0.292 e. The van der Waals surface area contributed by atoms with Crippen LogP contribution in [0.25, 0.3) is 0 Å². The first-order valence-corrected chi connectivity index (χ1v) is 22.1. The first-order chi connectivity index (χ1) is 28.5. The van der Waals surface area contributed by atoms with Crippen molar-refractivity contribution < 1.29 is 23.9 Å². The molecule has 2 aromatic heterocycles. The summed E-state index contributed by atoms with van der Waals surface area (Å²) in [4.78, 5) is 42.4. The lowest BCUT2D eigenvalue weighted by Gasteiger charge is -2.38. The van der Waals surface area contributed by atoms with Crippen LogP contribution in [0.5, 0.6) is 5.75 Å². The van der Waals surface area contributed by atoms with Crippen molar-refractivity contribution in [2.75, 3.05) is 79.4 Å². The van der Waals surface area contributed by atoms with Gasteiger partial charge in [-0.3, -0.25) is 14.3 Å². The summed E-state index contributed by atoms with van der Waals surface area (Å²) in [5.41, 5.74) is 12.4. The standard InChI is InChI=1S/C32H49N7O.C12H23NO2.C2H4O2/c1-6-26(22-37-12-11-25(21-37)7-8-28-9-10-31(40-5)32(33)34-28)27-18-29(38-15-13-36(4)14-16-38)20-30(19-27)39-24(3)17-23(2)35-39;1-2-3-4-5-7-10-13-12(15)9-6-8-11-14;1-4-2-3/h9-10,17-18,20,25-26,30H,6-8,11-16,19,21-22H2,1-5H3,(H2,33,34);11H,2-10H2,1H3,(H,13,15);2H,1H3. The van der Waals surface area contributed by atoms with Crippen LogP contribution in [0.1, 0.15) is 114 Å². The van der Waals surface area contributed by atoms with Crippen molar-refractivity contribution in [3.05, 3.63) is 58.7 Å². The number of ether oxygens (including phenoxy) is 2. The number of likely N-dealkylation sites (N-methyl/N-ethyl adjacent to an activating group) is 1. The molecule has 0 saturated carbocycles. The van der Waals surface area contributed by atoms with Crippen molar-refractivity contribution >= 4 is 24.5 Å². The van der Waals surface area contributed by atoms with Crippen LogP contribution in [0.4, 0.5) is 5.82 Å². The number of rotatable bonds is 21. The third-order valence-corrected chi connectivity index (χ3v) is 11.6. The molecule has 3 aliphatic rings. The van der Waals surface area contributed by atoms with Gasteiger partial charge in [0.2, 0.25) is 5.91 Å². The maximum absolute atomic E-state index is 11.2. The van der Waals surface area contributed by atoms with E-state index in [9.17, 15) is 9.59 Å². The van der Waals surface area contributed by atoms with E-state index in [-0.39, 0.29) is 11.9 Å². The van der Waals surface area contributed by atoms with Crippen LogP contribution in [0.3, 0.4) is 0 Å². The fraction of sp³-hybridized carbons (Fsp3) is 0.674. The molecule has 13 nitrogen and oxygen atoms in total. The minimum absolute atomic E-state index is 0.0762. The lowest BCUT2D eigenvalue weighted by molar-refractivity contribution is -0.126. The quantitative estimate of drug-likeness (QED) is 0.102. The number of nitrogens with one attached hydrogen (secondary N) is 1. The monoisotopic (exact) mass is 821 g/mol. The minimum atomic E-state index is 0.0762. The Morgan fingerprint density at radius 1 is 1.03 bits per heavy atom. The number of nitrogen functional groups attached to an aromatic ring is 1. The van der Waals surface area contributed by atoms with E-state index in [2.05, 4.69) is 93.4 Å². The van der Waals surface area contributed by atoms with Crippen molar-refractivity contribution in [2.24, 2.45) is 11.8 Å². The molecule has 5 rings (SSSR count). The van der Waals surface area contributed by atoms with Gasteiger partial charge in [-0.2, -0.15) is 5.10 Å². The molecule has 330 valence electrons. The van der Waals surface area contributed by atoms with Gasteiger partial charge in [0, 0.05) is 75.7 Å². The predicted octanol–water partition coefficient (Wildman–Crippen LogP) is 6.70. The summed E-state index contributed by atoms with van der Waals surface area (Å²) in [5, 5.41) is 7.77. The van der Waals surface area contributed by atoms with Gasteiger partial charge in [0.05, 0.1) is 26.0 Å². The summed E-state index contributed by atoms with van der Waals surface area (Å²) in [6.07, 6.45) is 19.2. The van der Waals surface area contributed by atoms with Gasteiger partial charge in [-0.15, -0.1) is 0 Å². The molecule has 2 fully saturated rings. The molecule has 0 radical (unpaired) electrons. The van der Waals surface area contributed by atoms with Gasteiger partial charge in [-0.25, -0.2) is 4.98 Å². The van der Waals surface area contributed by atoms with Crippen molar-refractivity contribution in [1.82, 2.24) is 34.8 Å². The summed E-state index contributed by atoms with van der Waals surface area (Å²) in [6, 6.07) is 6.48. The van der Waals surface area contributed by atoms with Crippen LogP contribution in [-0.2, 0) is 25.5 Å². The first kappa shape index (κ1) is 49.1. The van der Waals surface area contributed by atoms with Crippen LogP contribution in [-0.4, -0.2) is 122 Å². The van der Waals surface area contributed by atoms with Crippen LogP contribution >= 0.6 is 0 Å². The lowest BCUT2D eigenvalue weighted by atomic mass is 9.86. The number of aldehydes is 1. The molecule has 0 aromatic carbocycles. The lowest BCUT2D eigenvalue weighted by Crippen LogP contribution is -2.44. The van der Waals surface area contributed by atoms with Crippen LogP contribution < -0.4 is 15.8 Å². The van der Waals surface area contributed by atoms with E-state index >= 15 is 0 Å². The zero-order valence-corrected chi connectivity index (χ0v) is 37.4. The van der Waals surface area contributed by atoms with Crippen molar-refractivity contribution in [1.29, 1.82) is 0 Å². The number of unbranched alkanes of at least 4 members (excludes halogenated alkanes) is 5. The number of nitrogens with two attached hydrogens (primary N) is 1. The van der Waals surface area contributed by atoms with E-state index in [1.165, 1.54) is 70.1 Å². The van der Waals surface area contributed by atoms with E-state index in [1.54, 1.807) is 12.7 Å². The largest absolute Gasteiger partial charge is 0.493 e. The highest BCUT2D eigenvalue weighted by atomic mass is 16.5. The zero-order chi connectivity index (χ0) is 43.0.